The Bertz CT molecular complexity index is 625. The van der Waals surface area contributed by atoms with Crippen LogP contribution in [0.25, 0.3) is 0 Å². The van der Waals surface area contributed by atoms with Gasteiger partial charge in [0.1, 0.15) is 0 Å². The van der Waals surface area contributed by atoms with E-state index in [4.69, 9.17) is 11.6 Å². The first-order chi connectivity index (χ1) is 9.27. The summed E-state index contributed by atoms with van der Waals surface area (Å²) in [7, 11) is 0. The molecular weight excluding hydrogens is 324 g/mol. The summed E-state index contributed by atoms with van der Waals surface area (Å²) in [5.41, 5.74) is 3.30. The molecule has 0 unspecified atom stereocenters. The maximum atomic E-state index is 6.45. The summed E-state index contributed by atoms with van der Waals surface area (Å²) >= 11 is 9.94. The molecule has 0 fully saturated rings. The Labute approximate surface area is 124 Å². The molecule has 0 amide bonds. The predicted octanol–water partition coefficient (Wildman–Crippen LogP) is 4.94. The van der Waals surface area contributed by atoms with E-state index in [-0.39, 0.29) is 5.92 Å². The van der Waals surface area contributed by atoms with Gasteiger partial charge in [-0.05, 0) is 51.8 Å². The lowest BCUT2D eigenvalue weighted by Crippen LogP contribution is -2.05. The van der Waals surface area contributed by atoms with Crippen molar-refractivity contribution in [2.75, 3.05) is 0 Å². The maximum Gasteiger partial charge on any atom is 0.0656 e. The number of hydrogen-bond acceptors (Lipinski definition) is 0. The molecule has 96 valence electrons. The third-order valence-electron chi connectivity index (χ3n) is 3.16. The number of aromatic nitrogens is 2. The number of hydrogen-bond donors (Lipinski definition) is 2. The normalized spacial score (nSPS) is 11.1. The minimum atomic E-state index is 0.0787. The Morgan fingerprint density at radius 2 is 1.53 bits per heavy atom. The Balaban J connectivity index is 2.18. The summed E-state index contributed by atoms with van der Waals surface area (Å²) in [5.74, 6) is 0.0787. The van der Waals surface area contributed by atoms with Gasteiger partial charge in [0.25, 0.3) is 0 Å². The zero-order valence-electron chi connectivity index (χ0n) is 10.0. The molecule has 19 heavy (non-hydrogen) atoms. The number of aromatic amines is 2. The molecule has 0 atom stereocenters. The van der Waals surface area contributed by atoms with Crippen LogP contribution in [-0.4, -0.2) is 9.97 Å². The molecule has 4 heteroatoms. The van der Waals surface area contributed by atoms with Crippen LogP contribution in [0, 0.1) is 0 Å². The number of H-pyrrole nitrogens is 2. The topological polar surface area (TPSA) is 31.6 Å². The summed E-state index contributed by atoms with van der Waals surface area (Å²) < 4.78 is 0.912. The van der Waals surface area contributed by atoms with E-state index in [1.165, 1.54) is 0 Å². The van der Waals surface area contributed by atoms with Crippen LogP contribution in [-0.2, 0) is 0 Å². The summed E-state index contributed by atoms with van der Waals surface area (Å²) in [6, 6.07) is 14.1. The van der Waals surface area contributed by atoms with Crippen molar-refractivity contribution in [3.05, 3.63) is 81.3 Å². The first-order valence-electron chi connectivity index (χ1n) is 5.98. The van der Waals surface area contributed by atoms with E-state index in [1.807, 2.05) is 36.7 Å². The van der Waals surface area contributed by atoms with Crippen molar-refractivity contribution in [2.45, 2.75) is 5.92 Å². The van der Waals surface area contributed by atoms with Crippen LogP contribution in [0.15, 0.2) is 59.3 Å². The molecule has 3 aromatic rings. The van der Waals surface area contributed by atoms with Crippen LogP contribution in [0.2, 0.25) is 5.02 Å². The standard InChI is InChI=1S/C15H12BrClN2/c16-11-5-1-4-10(15(11)17)14(12-6-2-8-18-12)13-7-3-9-19-13/h1-9,14,18-19H. The van der Waals surface area contributed by atoms with Gasteiger partial charge in [0.05, 0.1) is 10.9 Å². The molecule has 0 bridgehead atoms. The predicted molar refractivity (Wildman–Crippen MR) is 81.7 cm³/mol. The van der Waals surface area contributed by atoms with E-state index in [1.54, 1.807) is 0 Å². The average Bonchev–Trinajstić information content (AvgIpc) is 3.08. The molecule has 0 aliphatic carbocycles. The van der Waals surface area contributed by atoms with Crippen LogP contribution in [0.5, 0.6) is 0 Å². The van der Waals surface area contributed by atoms with Crippen molar-refractivity contribution in [1.82, 2.24) is 9.97 Å². The van der Waals surface area contributed by atoms with Crippen molar-refractivity contribution < 1.29 is 0 Å². The van der Waals surface area contributed by atoms with Gasteiger partial charge in [-0.15, -0.1) is 0 Å². The van der Waals surface area contributed by atoms with Crippen LogP contribution >= 0.6 is 27.5 Å². The minimum absolute atomic E-state index is 0.0787. The Morgan fingerprint density at radius 3 is 2.05 bits per heavy atom. The third-order valence-corrected chi connectivity index (χ3v) is 4.47. The van der Waals surface area contributed by atoms with E-state index in [0.29, 0.717) is 0 Å². The number of halogens is 2. The molecule has 0 saturated carbocycles. The van der Waals surface area contributed by atoms with E-state index >= 15 is 0 Å². The van der Waals surface area contributed by atoms with Crippen molar-refractivity contribution in [3.63, 3.8) is 0 Å². The van der Waals surface area contributed by atoms with Gasteiger partial charge in [-0.2, -0.15) is 0 Å². The molecule has 2 heterocycles. The van der Waals surface area contributed by atoms with Gasteiger partial charge in [0, 0.05) is 28.3 Å². The molecule has 2 aromatic heterocycles. The smallest absolute Gasteiger partial charge is 0.0656 e. The lowest BCUT2D eigenvalue weighted by molar-refractivity contribution is 0.897. The SMILES string of the molecule is Clc1c(Br)cccc1C(c1ccc[nH]1)c1ccc[nH]1. The van der Waals surface area contributed by atoms with Gasteiger partial charge in [-0.3, -0.25) is 0 Å². The largest absolute Gasteiger partial charge is 0.364 e. The van der Waals surface area contributed by atoms with Crippen LogP contribution in [0.3, 0.4) is 0 Å². The number of nitrogens with one attached hydrogen (secondary N) is 2. The summed E-state index contributed by atoms with van der Waals surface area (Å²) in [6.07, 6.45) is 3.86. The fourth-order valence-electron chi connectivity index (χ4n) is 2.29. The molecule has 0 radical (unpaired) electrons. The monoisotopic (exact) mass is 334 g/mol. The second-order valence-corrected chi connectivity index (χ2v) is 5.56. The molecular formula is C15H12BrClN2. The zero-order chi connectivity index (χ0) is 13.2. The first-order valence-corrected chi connectivity index (χ1v) is 7.15. The molecule has 0 saturated heterocycles. The fraction of sp³-hybridized carbons (Fsp3) is 0.0667. The number of rotatable bonds is 3. The van der Waals surface area contributed by atoms with Gasteiger partial charge in [0.15, 0.2) is 0 Å². The second-order valence-electron chi connectivity index (χ2n) is 4.33. The van der Waals surface area contributed by atoms with Gasteiger partial charge in [-0.1, -0.05) is 23.7 Å². The molecule has 0 spiro atoms. The highest BCUT2D eigenvalue weighted by Gasteiger charge is 2.21. The highest BCUT2D eigenvalue weighted by molar-refractivity contribution is 9.10. The van der Waals surface area contributed by atoms with E-state index in [2.05, 4.69) is 44.1 Å². The molecule has 3 rings (SSSR count). The third kappa shape index (κ3) is 2.36. The lowest BCUT2D eigenvalue weighted by atomic mass is 9.92. The average molecular weight is 336 g/mol. The minimum Gasteiger partial charge on any atom is -0.364 e. The molecule has 2 nitrogen and oxygen atoms in total. The second kappa shape index (κ2) is 5.27. The van der Waals surface area contributed by atoms with Crippen molar-refractivity contribution >= 4 is 27.5 Å². The Morgan fingerprint density at radius 1 is 0.895 bits per heavy atom. The molecule has 1 aromatic carbocycles. The fourth-order valence-corrected chi connectivity index (χ4v) is 2.91. The van der Waals surface area contributed by atoms with E-state index < -0.39 is 0 Å². The van der Waals surface area contributed by atoms with Crippen molar-refractivity contribution in [2.24, 2.45) is 0 Å². The quantitative estimate of drug-likeness (QED) is 0.679. The van der Waals surface area contributed by atoms with Gasteiger partial charge in [0.2, 0.25) is 0 Å². The summed E-state index contributed by atoms with van der Waals surface area (Å²) in [4.78, 5) is 6.55. The van der Waals surface area contributed by atoms with Gasteiger partial charge < -0.3 is 9.97 Å². The summed E-state index contributed by atoms with van der Waals surface area (Å²) in [6.45, 7) is 0. The van der Waals surface area contributed by atoms with E-state index in [0.717, 1.165) is 26.4 Å². The van der Waals surface area contributed by atoms with Crippen LogP contribution in [0.1, 0.15) is 22.9 Å². The van der Waals surface area contributed by atoms with Gasteiger partial charge >= 0.3 is 0 Å². The highest BCUT2D eigenvalue weighted by Crippen LogP contribution is 2.37. The lowest BCUT2D eigenvalue weighted by Gasteiger charge is -2.17. The first kappa shape index (κ1) is 12.6. The summed E-state index contributed by atoms with van der Waals surface area (Å²) in [5, 5.41) is 0.747. The molecule has 0 aliphatic rings. The maximum absolute atomic E-state index is 6.45. The van der Waals surface area contributed by atoms with Crippen molar-refractivity contribution in [1.29, 1.82) is 0 Å². The molecule has 2 N–H and O–H groups in total. The van der Waals surface area contributed by atoms with Crippen LogP contribution in [0.4, 0.5) is 0 Å². The Kier molecular flexibility index (Phi) is 3.49. The van der Waals surface area contributed by atoms with Crippen LogP contribution < -0.4 is 0 Å². The highest BCUT2D eigenvalue weighted by atomic mass is 79.9. The van der Waals surface area contributed by atoms with Crippen molar-refractivity contribution in [3.8, 4) is 0 Å². The van der Waals surface area contributed by atoms with Gasteiger partial charge in [-0.25, -0.2) is 0 Å². The van der Waals surface area contributed by atoms with E-state index in [9.17, 15) is 0 Å². The number of benzene rings is 1. The molecule has 0 aliphatic heterocycles. The Hall–Kier alpha value is -1.45. The zero-order valence-corrected chi connectivity index (χ0v) is 12.4.